The molecule has 1 N–H and O–H groups in total. The summed E-state index contributed by atoms with van der Waals surface area (Å²) >= 11 is 0. The molecule has 4 amide bonds. The van der Waals surface area contributed by atoms with E-state index in [-0.39, 0.29) is 49.5 Å². The molecule has 2 saturated heterocycles. The lowest BCUT2D eigenvalue weighted by Crippen LogP contribution is -2.72. The maximum atomic E-state index is 14.2. The van der Waals surface area contributed by atoms with Crippen LogP contribution in [0.2, 0.25) is 0 Å². The average molecular weight is 605 g/mol. The first-order valence-corrected chi connectivity index (χ1v) is 15.7. The standard InChI is InChI=1S/C32H33FN4O5S/c1-21(38)23-11-13-26(14-12-23)34-32(41)36-18-16-28(39)37-27(36)20-35(17-15-22-7-6-10-25(33)19-22)31(40)29(37)30(43(2)42)24-8-4-3-5-9-24/h3-14,19,27,29-30H,15-18,20H2,1-2H3,(H,34,41)/t27-,29-,30?,43?/m1/s1. The first kappa shape index (κ1) is 30.1. The number of fused-ring (bicyclic) bond motifs is 1. The molecule has 2 aliphatic rings. The zero-order chi connectivity index (χ0) is 30.7. The molecular weight excluding hydrogens is 571 g/mol. The first-order valence-electron chi connectivity index (χ1n) is 14.0. The lowest BCUT2D eigenvalue weighted by molar-refractivity contribution is -0.166. The van der Waals surface area contributed by atoms with E-state index >= 15 is 0 Å². The number of rotatable bonds is 8. The second kappa shape index (κ2) is 12.9. The Bertz CT molecular complexity index is 1550. The van der Waals surface area contributed by atoms with Crippen molar-refractivity contribution >= 4 is 40.1 Å². The molecule has 0 aromatic heterocycles. The lowest BCUT2D eigenvalue weighted by Gasteiger charge is -2.53. The van der Waals surface area contributed by atoms with Crippen molar-refractivity contribution in [2.45, 2.75) is 37.2 Å². The fraction of sp³-hybridized carbons (Fsp3) is 0.312. The molecule has 3 aromatic rings. The molecule has 0 radical (unpaired) electrons. The van der Waals surface area contributed by atoms with Gasteiger partial charge in [-0.25, -0.2) is 9.18 Å². The van der Waals surface area contributed by atoms with Crippen molar-refractivity contribution in [2.75, 3.05) is 31.2 Å². The molecule has 11 heteroatoms. The molecule has 9 nitrogen and oxygen atoms in total. The van der Waals surface area contributed by atoms with Gasteiger partial charge in [0.25, 0.3) is 0 Å². The lowest BCUT2D eigenvalue weighted by atomic mass is 9.96. The predicted octanol–water partition coefficient (Wildman–Crippen LogP) is 3.99. The summed E-state index contributed by atoms with van der Waals surface area (Å²) in [5.74, 6) is -1.14. The molecule has 2 heterocycles. The molecule has 5 rings (SSSR count). The van der Waals surface area contributed by atoms with E-state index in [0.717, 1.165) is 0 Å². The monoisotopic (exact) mass is 604 g/mol. The van der Waals surface area contributed by atoms with E-state index < -0.39 is 34.3 Å². The summed E-state index contributed by atoms with van der Waals surface area (Å²) in [6.45, 7) is 1.85. The van der Waals surface area contributed by atoms with E-state index in [1.807, 2.05) is 6.07 Å². The van der Waals surface area contributed by atoms with Gasteiger partial charge in [0, 0.05) is 47.8 Å². The fourth-order valence-corrected chi connectivity index (χ4v) is 6.93. The number of hydrogen-bond donors (Lipinski definition) is 1. The van der Waals surface area contributed by atoms with Crippen LogP contribution in [0.4, 0.5) is 14.9 Å². The molecule has 3 aromatic carbocycles. The minimum absolute atomic E-state index is 0.00186. The molecule has 0 bridgehead atoms. The molecule has 4 atom stereocenters. The van der Waals surface area contributed by atoms with Gasteiger partial charge in [-0.05, 0) is 60.9 Å². The number of hydrogen-bond acceptors (Lipinski definition) is 5. The third-order valence-corrected chi connectivity index (χ3v) is 9.16. The summed E-state index contributed by atoms with van der Waals surface area (Å²) in [6.07, 6.45) is 1.05. The third kappa shape index (κ3) is 6.51. The summed E-state index contributed by atoms with van der Waals surface area (Å²) in [5.41, 5.74) is 2.33. The Labute approximate surface area is 252 Å². The molecule has 43 heavy (non-hydrogen) atoms. The number of nitrogens with zero attached hydrogens (tertiary/aromatic N) is 3. The van der Waals surface area contributed by atoms with E-state index in [1.54, 1.807) is 65.6 Å². The Kier molecular flexibility index (Phi) is 9.00. The molecular formula is C32H33FN4O5S. The van der Waals surface area contributed by atoms with Crippen LogP contribution >= 0.6 is 0 Å². The van der Waals surface area contributed by atoms with Gasteiger partial charge in [-0.3, -0.25) is 18.6 Å². The molecule has 2 aliphatic heterocycles. The van der Waals surface area contributed by atoms with Gasteiger partial charge < -0.3 is 20.0 Å². The van der Waals surface area contributed by atoms with Gasteiger partial charge in [-0.1, -0.05) is 42.5 Å². The normalized spacial score (nSPS) is 19.9. The minimum Gasteiger partial charge on any atom is -0.337 e. The predicted molar refractivity (Wildman–Crippen MR) is 161 cm³/mol. The summed E-state index contributed by atoms with van der Waals surface area (Å²) in [7, 11) is -1.56. The summed E-state index contributed by atoms with van der Waals surface area (Å²) in [5, 5.41) is 2.01. The highest BCUT2D eigenvalue weighted by Crippen LogP contribution is 2.35. The topological polar surface area (TPSA) is 107 Å². The highest BCUT2D eigenvalue weighted by atomic mass is 32.2. The Hall–Kier alpha value is -4.38. The largest absolute Gasteiger partial charge is 0.337 e. The summed E-state index contributed by atoms with van der Waals surface area (Å²) in [6, 6.07) is 20.0. The van der Waals surface area contributed by atoms with Crippen LogP contribution in [0.15, 0.2) is 78.9 Å². The van der Waals surface area contributed by atoms with Crippen molar-refractivity contribution in [3.8, 4) is 0 Å². The van der Waals surface area contributed by atoms with Crippen LogP contribution in [0.5, 0.6) is 0 Å². The highest BCUT2D eigenvalue weighted by molar-refractivity contribution is 7.84. The number of Topliss-reactive ketones (excluding diaryl/α,β-unsaturated/α-hetero) is 1. The van der Waals surface area contributed by atoms with Crippen molar-refractivity contribution in [1.29, 1.82) is 0 Å². The van der Waals surface area contributed by atoms with Crippen LogP contribution in [0.3, 0.4) is 0 Å². The number of urea groups is 1. The van der Waals surface area contributed by atoms with Gasteiger partial charge in [0.05, 0.1) is 11.8 Å². The summed E-state index contributed by atoms with van der Waals surface area (Å²) in [4.78, 5) is 57.5. The van der Waals surface area contributed by atoms with Crippen molar-refractivity contribution < 1.29 is 27.8 Å². The van der Waals surface area contributed by atoms with E-state index in [2.05, 4.69) is 5.32 Å². The number of ketones is 1. The van der Waals surface area contributed by atoms with Crippen LogP contribution in [-0.2, 0) is 26.8 Å². The van der Waals surface area contributed by atoms with Gasteiger partial charge >= 0.3 is 6.03 Å². The summed E-state index contributed by atoms with van der Waals surface area (Å²) < 4.78 is 27.1. The number of piperazine rings is 1. The van der Waals surface area contributed by atoms with Gasteiger partial charge in [0.1, 0.15) is 18.0 Å². The Morgan fingerprint density at radius 1 is 1.02 bits per heavy atom. The number of benzene rings is 3. The highest BCUT2D eigenvalue weighted by Gasteiger charge is 2.52. The van der Waals surface area contributed by atoms with Crippen LogP contribution in [0.25, 0.3) is 0 Å². The van der Waals surface area contributed by atoms with Crippen molar-refractivity contribution in [3.63, 3.8) is 0 Å². The smallest absolute Gasteiger partial charge is 0.323 e. The van der Waals surface area contributed by atoms with Gasteiger partial charge in [0.2, 0.25) is 11.8 Å². The second-order valence-corrected chi connectivity index (χ2v) is 12.2. The Morgan fingerprint density at radius 3 is 2.40 bits per heavy atom. The van der Waals surface area contributed by atoms with Crippen molar-refractivity contribution in [1.82, 2.24) is 14.7 Å². The van der Waals surface area contributed by atoms with Gasteiger partial charge in [-0.15, -0.1) is 0 Å². The van der Waals surface area contributed by atoms with Crippen LogP contribution < -0.4 is 5.32 Å². The van der Waals surface area contributed by atoms with E-state index in [1.165, 1.54) is 35.1 Å². The Balaban J connectivity index is 1.49. The van der Waals surface area contributed by atoms with Crippen LogP contribution in [0, 0.1) is 5.82 Å². The minimum atomic E-state index is -1.56. The molecule has 0 aliphatic carbocycles. The number of carbonyl (C=O) groups excluding carboxylic acids is 4. The SMILES string of the molecule is CC(=O)c1ccc(NC(=O)N2CCC(=O)N3[C@@H]2CN(CCc2cccc(F)c2)C(=O)[C@H]3C(c2ccccc2)S(C)=O)cc1. The number of carbonyl (C=O) groups is 4. The van der Waals surface area contributed by atoms with Gasteiger partial charge in [0.15, 0.2) is 5.78 Å². The van der Waals surface area contributed by atoms with E-state index in [9.17, 15) is 27.8 Å². The third-order valence-electron chi connectivity index (χ3n) is 7.92. The van der Waals surface area contributed by atoms with E-state index in [4.69, 9.17) is 0 Å². The van der Waals surface area contributed by atoms with Gasteiger partial charge in [-0.2, -0.15) is 0 Å². The number of halogens is 1. The molecule has 224 valence electrons. The van der Waals surface area contributed by atoms with Crippen molar-refractivity contribution in [2.24, 2.45) is 0 Å². The number of amides is 4. The molecule has 2 fully saturated rings. The molecule has 2 unspecified atom stereocenters. The zero-order valence-corrected chi connectivity index (χ0v) is 24.8. The maximum Gasteiger partial charge on any atom is 0.323 e. The average Bonchev–Trinajstić information content (AvgIpc) is 2.98. The van der Waals surface area contributed by atoms with E-state index in [0.29, 0.717) is 28.8 Å². The van der Waals surface area contributed by atoms with Crippen molar-refractivity contribution in [3.05, 3.63) is 101 Å². The maximum absolute atomic E-state index is 14.2. The molecule has 0 saturated carbocycles. The Morgan fingerprint density at radius 2 is 1.74 bits per heavy atom. The number of nitrogens with one attached hydrogen (secondary N) is 1. The van der Waals surface area contributed by atoms with Crippen LogP contribution in [0.1, 0.15) is 40.1 Å². The molecule has 0 spiro atoms. The first-order chi connectivity index (χ1) is 20.6. The quantitative estimate of drug-likeness (QED) is 0.392. The number of anilines is 1. The fourth-order valence-electron chi connectivity index (χ4n) is 5.78. The second-order valence-electron chi connectivity index (χ2n) is 10.7. The zero-order valence-electron chi connectivity index (χ0n) is 23.9. The van der Waals surface area contributed by atoms with Crippen LogP contribution in [-0.4, -0.2) is 80.6 Å².